The van der Waals surface area contributed by atoms with Gasteiger partial charge in [0.2, 0.25) is 5.91 Å². The van der Waals surface area contributed by atoms with Gasteiger partial charge in [-0.15, -0.1) is 0 Å². The summed E-state index contributed by atoms with van der Waals surface area (Å²) in [5, 5.41) is 7.51. The van der Waals surface area contributed by atoms with E-state index in [9.17, 15) is 9.18 Å². The van der Waals surface area contributed by atoms with Crippen LogP contribution in [0.15, 0.2) is 54.6 Å². The summed E-state index contributed by atoms with van der Waals surface area (Å²) in [4.78, 5) is 23.0. The van der Waals surface area contributed by atoms with E-state index in [4.69, 9.17) is 15.2 Å². The third-order valence-electron chi connectivity index (χ3n) is 6.63. The molecule has 3 aromatic rings. The van der Waals surface area contributed by atoms with Crippen LogP contribution >= 0.6 is 0 Å². The molecule has 2 aliphatic heterocycles. The van der Waals surface area contributed by atoms with Gasteiger partial charge in [0.1, 0.15) is 24.5 Å². The lowest BCUT2D eigenvalue weighted by Gasteiger charge is -2.29. The van der Waals surface area contributed by atoms with Gasteiger partial charge in [-0.1, -0.05) is 6.07 Å². The number of hydrogen-bond acceptors (Lipinski definition) is 9. The summed E-state index contributed by atoms with van der Waals surface area (Å²) in [6.07, 6.45) is 6.74. The van der Waals surface area contributed by atoms with Gasteiger partial charge in [0.15, 0.2) is 11.5 Å². The molecule has 1 saturated heterocycles. The van der Waals surface area contributed by atoms with E-state index >= 15 is 0 Å². The van der Waals surface area contributed by atoms with Crippen LogP contribution in [0.3, 0.4) is 0 Å². The first-order valence-electron chi connectivity index (χ1n) is 12.7. The number of hydrogen-bond donors (Lipinski definition) is 2. The first-order chi connectivity index (χ1) is 18.5. The van der Waals surface area contributed by atoms with Crippen LogP contribution in [-0.4, -0.2) is 72.2 Å². The quantitative estimate of drug-likeness (QED) is 0.368. The standard InChI is InChI=1S/C27H32FN7O3/c1-37-24-13-22-23(14-25(24)38-11-5-10-33-8-2-3-9-33)30-18-31-27(22)32-20-15-34(17-26(29)36)35(16-20)21-7-4-6-19(28)12-21/h4,6-7,12-15,18H,2-3,5,8-11,16-17H2,1H3,(H2,29,36)(H,30,31,32). The molecular weight excluding hydrogens is 489 g/mol. The molecule has 2 aromatic carbocycles. The summed E-state index contributed by atoms with van der Waals surface area (Å²) in [6.45, 7) is 4.26. The summed E-state index contributed by atoms with van der Waals surface area (Å²) in [5.41, 5.74) is 7.50. The number of carbonyl (C=O) groups is 1. The second-order valence-corrected chi connectivity index (χ2v) is 9.37. The highest BCUT2D eigenvalue weighted by Crippen LogP contribution is 2.35. The topological polar surface area (TPSA) is 109 Å². The number of nitrogens with two attached hydrogens (primary N) is 1. The van der Waals surface area contributed by atoms with E-state index in [-0.39, 0.29) is 12.4 Å². The minimum absolute atomic E-state index is 0.0570. The lowest BCUT2D eigenvalue weighted by atomic mass is 10.2. The molecule has 1 amide bonds. The molecule has 0 aliphatic carbocycles. The number of amides is 1. The number of nitrogens with one attached hydrogen (secondary N) is 1. The Kier molecular flexibility index (Phi) is 7.73. The normalized spacial score (nSPS) is 15.7. The second kappa shape index (κ2) is 11.5. The van der Waals surface area contributed by atoms with Crippen molar-refractivity contribution in [2.24, 2.45) is 5.73 Å². The maximum Gasteiger partial charge on any atom is 0.239 e. The maximum atomic E-state index is 13.9. The third kappa shape index (κ3) is 5.88. The van der Waals surface area contributed by atoms with Crippen LogP contribution in [0.5, 0.6) is 11.5 Å². The number of benzene rings is 2. The molecule has 0 bridgehead atoms. The Hall–Kier alpha value is -4.12. The number of rotatable bonds is 11. The molecule has 1 aromatic heterocycles. The highest BCUT2D eigenvalue weighted by atomic mass is 19.1. The van der Waals surface area contributed by atoms with Crippen molar-refractivity contribution in [3.63, 3.8) is 0 Å². The Morgan fingerprint density at radius 2 is 2.00 bits per heavy atom. The van der Waals surface area contributed by atoms with E-state index in [1.165, 1.54) is 44.4 Å². The van der Waals surface area contributed by atoms with Gasteiger partial charge in [0.25, 0.3) is 0 Å². The van der Waals surface area contributed by atoms with E-state index in [0.717, 1.165) is 24.0 Å². The fraction of sp³-hybridized carbons (Fsp3) is 0.370. The fourth-order valence-corrected chi connectivity index (χ4v) is 4.85. The van der Waals surface area contributed by atoms with Crippen molar-refractivity contribution in [3.05, 3.63) is 60.4 Å². The summed E-state index contributed by atoms with van der Waals surface area (Å²) in [5.74, 6) is 0.921. The number of nitrogens with zero attached hydrogens (tertiary/aromatic N) is 5. The molecule has 200 valence electrons. The molecule has 3 N–H and O–H groups in total. The molecule has 0 atom stereocenters. The Balaban J connectivity index is 1.33. The van der Waals surface area contributed by atoms with Crippen molar-refractivity contribution >= 4 is 28.3 Å². The average Bonchev–Trinajstić information content (AvgIpc) is 3.56. The van der Waals surface area contributed by atoms with Crippen LogP contribution in [0.2, 0.25) is 0 Å². The highest BCUT2D eigenvalue weighted by Gasteiger charge is 2.25. The number of hydrazine groups is 1. The summed E-state index contributed by atoms with van der Waals surface area (Å²) in [6, 6.07) is 9.88. The predicted octanol–water partition coefficient (Wildman–Crippen LogP) is 3.12. The number of methoxy groups -OCH3 is 1. The fourth-order valence-electron chi connectivity index (χ4n) is 4.85. The van der Waals surface area contributed by atoms with E-state index in [1.54, 1.807) is 35.5 Å². The molecule has 0 radical (unpaired) electrons. The van der Waals surface area contributed by atoms with Crippen LogP contribution in [-0.2, 0) is 4.79 Å². The zero-order valence-electron chi connectivity index (χ0n) is 21.4. The number of carbonyl (C=O) groups excluding carboxylic acids is 1. The van der Waals surface area contributed by atoms with Crippen molar-refractivity contribution in [1.29, 1.82) is 0 Å². The second-order valence-electron chi connectivity index (χ2n) is 9.37. The van der Waals surface area contributed by atoms with Gasteiger partial charge in [-0.05, 0) is 56.6 Å². The van der Waals surface area contributed by atoms with Crippen LogP contribution < -0.4 is 25.5 Å². The molecular formula is C27H32FN7O3. The maximum absolute atomic E-state index is 13.9. The molecule has 3 heterocycles. The molecule has 0 saturated carbocycles. The lowest BCUT2D eigenvalue weighted by molar-refractivity contribution is -0.118. The van der Waals surface area contributed by atoms with Crippen molar-refractivity contribution in [2.45, 2.75) is 19.3 Å². The first kappa shape index (κ1) is 25.5. The Bertz CT molecular complexity index is 1330. The Morgan fingerprint density at radius 3 is 2.76 bits per heavy atom. The number of anilines is 2. The minimum atomic E-state index is -0.505. The Morgan fingerprint density at radius 1 is 1.16 bits per heavy atom. The first-order valence-corrected chi connectivity index (χ1v) is 12.7. The highest BCUT2D eigenvalue weighted by molar-refractivity contribution is 5.92. The number of aromatic nitrogens is 2. The van der Waals surface area contributed by atoms with Gasteiger partial charge in [0.05, 0.1) is 37.2 Å². The number of fused-ring (bicyclic) bond motifs is 1. The third-order valence-corrected chi connectivity index (χ3v) is 6.63. The summed E-state index contributed by atoms with van der Waals surface area (Å²) in [7, 11) is 1.60. The molecule has 1 fully saturated rings. The van der Waals surface area contributed by atoms with E-state index in [0.29, 0.717) is 41.7 Å². The van der Waals surface area contributed by atoms with Crippen LogP contribution in [0.1, 0.15) is 19.3 Å². The smallest absolute Gasteiger partial charge is 0.239 e. The SMILES string of the molecule is COc1cc2c(NC3=CN(CC(N)=O)N(c4cccc(F)c4)C3)ncnc2cc1OCCCN1CCCC1. The molecule has 38 heavy (non-hydrogen) atoms. The monoisotopic (exact) mass is 521 g/mol. The van der Waals surface area contributed by atoms with Gasteiger partial charge >= 0.3 is 0 Å². The van der Waals surface area contributed by atoms with E-state index < -0.39 is 5.91 Å². The van der Waals surface area contributed by atoms with Crippen molar-refractivity contribution in [3.8, 4) is 11.5 Å². The van der Waals surface area contributed by atoms with Gasteiger partial charge in [-0.2, -0.15) is 0 Å². The lowest BCUT2D eigenvalue weighted by Crippen LogP contribution is -2.41. The number of primary amides is 1. The molecule has 0 unspecified atom stereocenters. The molecule has 2 aliphatic rings. The molecule has 11 heteroatoms. The zero-order valence-corrected chi connectivity index (χ0v) is 21.4. The predicted molar refractivity (Wildman–Crippen MR) is 143 cm³/mol. The largest absolute Gasteiger partial charge is 0.493 e. The Labute approximate surface area is 220 Å². The molecule has 5 rings (SSSR count). The number of likely N-dealkylation sites (tertiary alicyclic amines) is 1. The average molecular weight is 522 g/mol. The van der Waals surface area contributed by atoms with Crippen LogP contribution in [0, 0.1) is 5.82 Å². The minimum Gasteiger partial charge on any atom is -0.493 e. The van der Waals surface area contributed by atoms with Crippen molar-refractivity contribution in [2.75, 3.05) is 56.8 Å². The zero-order chi connectivity index (χ0) is 26.5. The number of ether oxygens (including phenoxy) is 2. The van der Waals surface area contributed by atoms with Crippen LogP contribution in [0.25, 0.3) is 10.9 Å². The molecule has 0 spiro atoms. The van der Waals surface area contributed by atoms with Gasteiger partial charge in [-0.3, -0.25) is 14.8 Å². The van der Waals surface area contributed by atoms with Crippen molar-refractivity contribution in [1.82, 2.24) is 19.9 Å². The summed E-state index contributed by atoms with van der Waals surface area (Å²) >= 11 is 0. The van der Waals surface area contributed by atoms with Gasteiger partial charge in [0, 0.05) is 24.2 Å². The van der Waals surface area contributed by atoms with Gasteiger partial charge < -0.3 is 25.4 Å². The van der Waals surface area contributed by atoms with E-state index in [2.05, 4.69) is 20.2 Å². The summed E-state index contributed by atoms with van der Waals surface area (Å²) < 4.78 is 25.6. The van der Waals surface area contributed by atoms with E-state index in [1.807, 2.05) is 12.1 Å². The molecule has 10 nitrogen and oxygen atoms in total. The van der Waals surface area contributed by atoms with Crippen LogP contribution in [0.4, 0.5) is 15.9 Å². The van der Waals surface area contributed by atoms with Gasteiger partial charge in [-0.25, -0.2) is 14.4 Å². The van der Waals surface area contributed by atoms with Crippen molar-refractivity contribution < 1.29 is 18.7 Å². The number of halogens is 1.